The number of nitrogens with one attached hydrogen (secondary N) is 1. The third-order valence-electron chi connectivity index (χ3n) is 1.59. The fourth-order valence-electron chi connectivity index (χ4n) is 0.838. The van der Waals surface area contributed by atoms with Gasteiger partial charge in [0.05, 0.1) is 11.2 Å². The zero-order valence-corrected chi connectivity index (χ0v) is 9.63. The summed E-state index contributed by atoms with van der Waals surface area (Å²) in [7, 11) is 0. The number of hydrogen-bond acceptors (Lipinski definition) is 4. The maximum atomic E-state index is 10.7. The van der Waals surface area contributed by atoms with Crippen molar-refractivity contribution in [2.24, 2.45) is 11.0 Å². The van der Waals surface area contributed by atoms with Crippen LogP contribution >= 0.6 is 23.2 Å². The normalized spacial score (nSPS) is 10.4. The molecule has 7 heteroatoms. The predicted octanol–water partition coefficient (Wildman–Crippen LogP) is 1.33. The number of nitrogens with two attached hydrogens (primary N) is 1. The zero-order valence-electron chi connectivity index (χ0n) is 8.11. The fourth-order valence-corrected chi connectivity index (χ4v) is 1.30. The Morgan fingerprint density at radius 1 is 1.56 bits per heavy atom. The van der Waals surface area contributed by atoms with Gasteiger partial charge in [-0.25, -0.2) is 5.84 Å². The van der Waals surface area contributed by atoms with Gasteiger partial charge in [-0.1, -0.05) is 34.4 Å². The topological polar surface area (TPSA) is 76.7 Å². The zero-order chi connectivity index (χ0) is 12.0. The maximum absolute atomic E-state index is 10.7. The van der Waals surface area contributed by atoms with Crippen molar-refractivity contribution in [3.63, 3.8) is 0 Å². The molecular formula is C9H9Cl2N3O2. The van der Waals surface area contributed by atoms with Crippen LogP contribution in [0.15, 0.2) is 23.4 Å². The van der Waals surface area contributed by atoms with Crippen LogP contribution in [-0.2, 0) is 9.63 Å². The molecule has 0 bridgehead atoms. The van der Waals surface area contributed by atoms with E-state index in [1.807, 2.05) is 5.43 Å². The highest BCUT2D eigenvalue weighted by Gasteiger charge is 1.99. The van der Waals surface area contributed by atoms with Gasteiger partial charge in [-0.05, 0) is 12.1 Å². The van der Waals surface area contributed by atoms with Gasteiger partial charge < -0.3 is 4.84 Å². The van der Waals surface area contributed by atoms with Crippen LogP contribution in [0.25, 0.3) is 0 Å². The van der Waals surface area contributed by atoms with Crippen LogP contribution in [-0.4, -0.2) is 18.7 Å². The van der Waals surface area contributed by atoms with E-state index in [1.165, 1.54) is 6.21 Å². The van der Waals surface area contributed by atoms with E-state index in [4.69, 9.17) is 29.0 Å². The van der Waals surface area contributed by atoms with Crippen LogP contribution in [0, 0.1) is 0 Å². The Kier molecular flexibility index (Phi) is 5.04. The van der Waals surface area contributed by atoms with E-state index in [-0.39, 0.29) is 6.61 Å². The van der Waals surface area contributed by atoms with Gasteiger partial charge in [-0.15, -0.1) is 0 Å². The van der Waals surface area contributed by atoms with E-state index < -0.39 is 5.91 Å². The highest BCUT2D eigenvalue weighted by molar-refractivity contribution is 6.36. The molecule has 0 atom stereocenters. The SMILES string of the molecule is NNC(=O)CO/N=C/c1ccc(Cl)cc1Cl. The summed E-state index contributed by atoms with van der Waals surface area (Å²) >= 11 is 11.6. The van der Waals surface area contributed by atoms with Gasteiger partial charge in [0.15, 0.2) is 6.61 Å². The molecule has 5 nitrogen and oxygen atoms in total. The first kappa shape index (κ1) is 12.8. The summed E-state index contributed by atoms with van der Waals surface area (Å²) in [5, 5.41) is 4.53. The van der Waals surface area contributed by atoms with E-state index in [2.05, 4.69) is 9.99 Å². The Morgan fingerprint density at radius 3 is 2.94 bits per heavy atom. The van der Waals surface area contributed by atoms with Crippen molar-refractivity contribution in [3.8, 4) is 0 Å². The first-order valence-electron chi connectivity index (χ1n) is 4.23. The summed E-state index contributed by atoms with van der Waals surface area (Å²) in [5.74, 6) is 4.37. The van der Waals surface area contributed by atoms with Crippen LogP contribution in [0.4, 0.5) is 0 Å². The van der Waals surface area contributed by atoms with E-state index in [0.29, 0.717) is 15.6 Å². The van der Waals surface area contributed by atoms with Crippen LogP contribution in [0.5, 0.6) is 0 Å². The van der Waals surface area contributed by atoms with Gasteiger partial charge in [0.1, 0.15) is 0 Å². The Labute approximate surface area is 102 Å². The van der Waals surface area contributed by atoms with Crippen molar-refractivity contribution in [1.82, 2.24) is 5.43 Å². The summed E-state index contributed by atoms with van der Waals surface area (Å²) in [5.41, 5.74) is 2.54. The van der Waals surface area contributed by atoms with Gasteiger partial charge >= 0.3 is 0 Å². The minimum Gasteiger partial charge on any atom is -0.386 e. The lowest BCUT2D eigenvalue weighted by molar-refractivity contribution is -0.125. The number of carbonyl (C=O) groups is 1. The number of hydrogen-bond donors (Lipinski definition) is 2. The van der Waals surface area contributed by atoms with E-state index in [0.717, 1.165) is 0 Å². The summed E-state index contributed by atoms with van der Waals surface area (Å²) in [6.45, 7) is -0.252. The molecule has 0 fully saturated rings. The van der Waals surface area contributed by atoms with Crippen LogP contribution in [0.3, 0.4) is 0 Å². The summed E-state index contributed by atoms with van der Waals surface area (Å²) in [6.07, 6.45) is 1.38. The number of halogens is 2. The van der Waals surface area contributed by atoms with E-state index in [1.54, 1.807) is 18.2 Å². The molecule has 0 spiro atoms. The molecule has 0 radical (unpaired) electrons. The lowest BCUT2D eigenvalue weighted by atomic mass is 10.2. The number of oxime groups is 1. The van der Waals surface area contributed by atoms with Gasteiger partial charge in [0.25, 0.3) is 5.91 Å². The van der Waals surface area contributed by atoms with Gasteiger partial charge in [0, 0.05) is 10.6 Å². The van der Waals surface area contributed by atoms with Crippen LogP contribution < -0.4 is 11.3 Å². The molecule has 0 saturated carbocycles. The molecule has 0 aliphatic heterocycles. The van der Waals surface area contributed by atoms with Crippen molar-refractivity contribution < 1.29 is 9.63 Å². The lowest BCUT2D eigenvalue weighted by Gasteiger charge is -1.99. The van der Waals surface area contributed by atoms with Gasteiger partial charge in [0.2, 0.25) is 0 Å². The van der Waals surface area contributed by atoms with Gasteiger partial charge in [-0.3, -0.25) is 10.2 Å². The molecule has 0 saturated heterocycles. The molecule has 0 heterocycles. The average Bonchev–Trinajstić information content (AvgIpc) is 2.26. The first-order chi connectivity index (χ1) is 7.63. The monoisotopic (exact) mass is 261 g/mol. The van der Waals surface area contributed by atoms with Crippen LogP contribution in [0.2, 0.25) is 10.0 Å². The smallest absolute Gasteiger partial charge is 0.274 e. The van der Waals surface area contributed by atoms with Crippen molar-refractivity contribution in [2.75, 3.05) is 6.61 Å². The molecule has 0 unspecified atom stereocenters. The molecule has 3 N–H and O–H groups in total. The second-order valence-corrected chi connectivity index (χ2v) is 3.58. The summed E-state index contributed by atoms with van der Waals surface area (Å²) in [6, 6.07) is 4.93. The molecule has 86 valence electrons. The third-order valence-corrected chi connectivity index (χ3v) is 2.15. The fraction of sp³-hybridized carbons (Fsp3) is 0.111. The quantitative estimate of drug-likeness (QED) is 0.372. The number of benzene rings is 1. The minimum atomic E-state index is -0.473. The molecule has 1 aromatic rings. The van der Waals surface area contributed by atoms with Crippen molar-refractivity contribution in [2.45, 2.75) is 0 Å². The number of nitrogens with zero attached hydrogens (tertiary/aromatic N) is 1. The standard InChI is InChI=1S/C9H9Cl2N3O2/c10-7-2-1-6(8(11)3-7)4-13-16-5-9(15)14-12/h1-4H,5,12H2,(H,14,15)/b13-4+. The van der Waals surface area contributed by atoms with Crippen molar-refractivity contribution in [1.29, 1.82) is 0 Å². The van der Waals surface area contributed by atoms with Gasteiger partial charge in [-0.2, -0.15) is 0 Å². The third kappa shape index (κ3) is 4.06. The Hall–Kier alpha value is -1.30. The summed E-state index contributed by atoms with van der Waals surface area (Å²) < 4.78 is 0. The average molecular weight is 262 g/mol. The second kappa shape index (κ2) is 6.32. The van der Waals surface area contributed by atoms with E-state index in [9.17, 15) is 4.79 Å². The number of hydrazine groups is 1. The highest BCUT2D eigenvalue weighted by atomic mass is 35.5. The van der Waals surface area contributed by atoms with Crippen molar-refractivity contribution >= 4 is 35.3 Å². The summed E-state index contributed by atoms with van der Waals surface area (Å²) in [4.78, 5) is 15.3. The maximum Gasteiger partial charge on any atom is 0.274 e. The number of amides is 1. The van der Waals surface area contributed by atoms with Crippen LogP contribution in [0.1, 0.15) is 5.56 Å². The Morgan fingerprint density at radius 2 is 2.31 bits per heavy atom. The largest absolute Gasteiger partial charge is 0.386 e. The molecular weight excluding hydrogens is 253 g/mol. The Bertz CT molecular complexity index is 410. The van der Waals surface area contributed by atoms with Crippen molar-refractivity contribution in [3.05, 3.63) is 33.8 Å². The molecule has 1 aromatic carbocycles. The molecule has 1 rings (SSSR count). The first-order valence-corrected chi connectivity index (χ1v) is 4.99. The number of carbonyl (C=O) groups excluding carboxylic acids is 1. The molecule has 0 aliphatic rings. The predicted molar refractivity (Wildman–Crippen MR) is 62.3 cm³/mol. The lowest BCUT2D eigenvalue weighted by Crippen LogP contribution is -2.32. The Balaban J connectivity index is 2.53. The molecule has 0 aromatic heterocycles. The highest BCUT2D eigenvalue weighted by Crippen LogP contribution is 2.19. The van der Waals surface area contributed by atoms with E-state index >= 15 is 0 Å². The minimum absolute atomic E-state index is 0.252. The number of rotatable bonds is 4. The molecule has 16 heavy (non-hydrogen) atoms. The second-order valence-electron chi connectivity index (χ2n) is 2.74. The molecule has 1 amide bonds. The molecule has 0 aliphatic carbocycles.